The maximum Gasteiger partial charge on any atom is 0.268 e. The van der Waals surface area contributed by atoms with Crippen molar-refractivity contribution < 1.29 is 13.9 Å². The fourth-order valence-electron chi connectivity index (χ4n) is 2.93. The molecular formula is C19H17N3O4S. The number of aromatic nitrogens is 2. The molecule has 7 nitrogen and oxygen atoms in total. The molecule has 0 bridgehead atoms. The number of likely N-dealkylation sites (N-methyl/N-ethyl adjacent to an activating group) is 1. The number of furan rings is 1. The minimum Gasteiger partial charge on any atom is -0.497 e. The van der Waals surface area contributed by atoms with Gasteiger partial charge in [-0.3, -0.25) is 9.59 Å². The number of hydrogen-bond donors (Lipinski definition) is 1. The second-order valence-electron chi connectivity index (χ2n) is 6.20. The first-order valence-corrected chi connectivity index (χ1v) is 9.17. The number of carbonyl (C=O) groups excluding carboxylic acids is 1. The Hall–Kier alpha value is -3.13. The Balaban J connectivity index is 1.51. The van der Waals surface area contributed by atoms with E-state index < -0.39 is 0 Å². The number of amides is 1. The normalized spacial score (nSPS) is 11.2. The Morgan fingerprint density at radius 3 is 3.04 bits per heavy atom. The van der Waals surface area contributed by atoms with Gasteiger partial charge in [-0.15, -0.1) is 11.3 Å². The van der Waals surface area contributed by atoms with Crippen molar-refractivity contribution in [1.82, 2.24) is 14.9 Å². The molecule has 1 amide bonds. The number of fused-ring (bicyclic) bond motifs is 2. The fraction of sp³-hybridized carbons (Fsp3) is 0.211. The van der Waals surface area contributed by atoms with E-state index in [4.69, 9.17) is 9.15 Å². The van der Waals surface area contributed by atoms with E-state index in [1.54, 1.807) is 37.5 Å². The third-order valence-electron chi connectivity index (χ3n) is 4.38. The van der Waals surface area contributed by atoms with Crippen molar-refractivity contribution in [3.63, 3.8) is 0 Å². The zero-order valence-electron chi connectivity index (χ0n) is 14.8. The molecule has 0 saturated heterocycles. The second kappa shape index (κ2) is 6.88. The van der Waals surface area contributed by atoms with E-state index in [1.807, 2.05) is 17.5 Å². The van der Waals surface area contributed by atoms with E-state index in [0.29, 0.717) is 27.4 Å². The molecule has 0 unspecified atom stereocenters. The molecule has 0 fully saturated rings. The van der Waals surface area contributed by atoms with Gasteiger partial charge in [0.2, 0.25) is 5.91 Å². The van der Waals surface area contributed by atoms with Crippen molar-refractivity contribution in [2.24, 2.45) is 0 Å². The molecule has 1 aromatic carbocycles. The third-order valence-corrected chi connectivity index (χ3v) is 5.28. The lowest BCUT2D eigenvalue weighted by atomic mass is 10.1. The first-order valence-electron chi connectivity index (χ1n) is 8.29. The van der Waals surface area contributed by atoms with Gasteiger partial charge in [0.05, 0.1) is 31.9 Å². The Labute approximate surface area is 158 Å². The van der Waals surface area contributed by atoms with E-state index in [2.05, 4.69) is 9.97 Å². The molecule has 0 aliphatic heterocycles. The number of thiophene rings is 1. The van der Waals surface area contributed by atoms with Crippen LogP contribution in [-0.4, -0.2) is 34.9 Å². The van der Waals surface area contributed by atoms with Crippen LogP contribution in [0.1, 0.15) is 11.4 Å². The van der Waals surface area contributed by atoms with E-state index >= 15 is 0 Å². The second-order valence-corrected chi connectivity index (χ2v) is 7.11. The van der Waals surface area contributed by atoms with Crippen molar-refractivity contribution in [2.45, 2.75) is 13.0 Å². The van der Waals surface area contributed by atoms with Gasteiger partial charge in [0, 0.05) is 24.1 Å². The van der Waals surface area contributed by atoms with Crippen molar-refractivity contribution in [1.29, 1.82) is 0 Å². The van der Waals surface area contributed by atoms with Crippen LogP contribution in [0.3, 0.4) is 0 Å². The molecule has 27 heavy (non-hydrogen) atoms. The van der Waals surface area contributed by atoms with E-state index in [-0.39, 0.29) is 24.4 Å². The molecular weight excluding hydrogens is 366 g/mol. The van der Waals surface area contributed by atoms with Crippen LogP contribution in [0.25, 0.3) is 21.2 Å². The molecule has 3 heterocycles. The maximum absolute atomic E-state index is 12.6. The zero-order valence-corrected chi connectivity index (χ0v) is 15.6. The van der Waals surface area contributed by atoms with Crippen LogP contribution in [0.5, 0.6) is 5.75 Å². The molecule has 0 aliphatic carbocycles. The van der Waals surface area contributed by atoms with E-state index in [1.165, 1.54) is 11.3 Å². The highest BCUT2D eigenvalue weighted by atomic mass is 32.1. The number of carbonyl (C=O) groups is 1. The maximum atomic E-state index is 12.6. The van der Waals surface area contributed by atoms with Crippen LogP contribution in [-0.2, 0) is 17.8 Å². The van der Waals surface area contributed by atoms with Crippen molar-refractivity contribution in [3.05, 3.63) is 57.7 Å². The van der Waals surface area contributed by atoms with Gasteiger partial charge in [0.1, 0.15) is 21.9 Å². The molecule has 0 radical (unpaired) electrons. The average molecular weight is 383 g/mol. The Morgan fingerprint density at radius 2 is 2.22 bits per heavy atom. The lowest BCUT2D eigenvalue weighted by Crippen LogP contribution is -2.29. The van der Waals surface area contributed by atoms with Gasteiger partial charge < -0.3 is 19.0 Å². The molecule has 8 heteroatoms. The number of aromatic amines is 1. The Kier molecular flexibility index (Phi) is 4.41. The summed E-state index contributed by atoms with van der Waals surface area (Å²) in [5, 5.41) is 2.70. The fourth-order valence-corrected chi connectivity index (χ4v) is 3.66. The molecule has 0 saturated carbocycles. The highest BCUT2D eigenvalue weighted by molar-refractivity contribution is 7.17. The van der Waals surface area contributed by atoms with Crippen molar-refractivity contribution in [2.75, 3.05) is 14.2 Å². The van der Waals surface area contributed by atoms with Crippen LogP contribution in [0.15, 0.2) is 45.1 Å². The molecule has 138 valence electrons. The van der Waals surface area contributed by atoms with Crippen LogP contribution in [0, 0.1) is 0 Å². The monoisotopic (exact) mass is 383 g/mol. The zero-order chi connectivity index (χ0) is 19.0. The van der Waals surface area contributed by atoms with Gasteiger partial charge in [-0.25, -0.2) is 4.98 Å². The van der Waals surface area contributed by atoms with Crippen LogP contribution in [0.4, 0.5) is 0 Å². The largest absolute Gasteiger partial charge is 0.497 e. The molecule has 0 aliphatic rings. The van der Waals surface area contributed by atoms with Crippen molar-refractivity contribution in [3.8, 4) is 5.75 Å². The first-order chi connectivity index (χ1) is 13.0. The smallest absolute Gasteiger partial charge is 0.268 e. The Bertz CT molecular complexity index is 1190. The summed E-state index contributed by atoms with van der Waals surface area (Å²) in [7, 11) is 3.28. The molecule has 4 rings (SSSR count). The molecule has 0 atom stereocenters. The number of nitrogens with one attached hydrogen (secondary N) is 1. The summed E-state index contributed by atoms with van der Waals surface area (Å²) in [6, 6.07) is 7.30. The predicted molar refractivity (Wildman–Crippen MR) is 103 cm³/mol. The van der Waals surface area contributed by atoms with Gasteiger partial charge in [-0.1, -0.05) is 0 Å². The third kappa shape index (κ3) is 3.31. The summed E-state index contributed by atoms with van der Waals surface area (Å²) in [5.74, 6) is 1.07. The number of benzene rings is 1. The number of methoxy groups -OCH3 is 1. The van der Waals surface area contributed by atoms with E-state index in [0.717, 1.165) is 10.9 Å². The predicted octanol–water partition coefficient (Wildman–Crippen LogP) is 2.94. The van der Waals surface area contributed by atoms with Crippen LogP contribution < -0.4 is 10.3 Å². The molecule has 0 spiro atoms. The SMILES string of the molecule is COc1ccc2c(CC(=O)N(C)Cc3nc4ccsc4c(=O)[nH]3)coc2c1. The summed E-state index contributed by atoms with van der Waals surface area (Å²) in [6.07, 6.45) is 1.79. The highest BCUT2D eigenvalue weighted by Gasteiger charge is 2.16. The van der Waals surface area contributed by atoms with Gasteiger partial charge >= 0.3 is 0 Å². The van der Waals surface area contributed by atoms with E-state index in [9.17, 15) is 9.59 Å². The summed E-state index contributed by atoms with van der Waals surface area (Å²) in [4.78, 5) is 33.4. The number of rotatable bonds is 5. The quantitative estimate of drug-likeness (QED) is 0.572. The number of nitrogens with zero attached hydrogens (tertiary/aromatic N) is 2. The summed E-state index contributed by atoms with van der Waals surface area (Å²) in [6.45, 7) is 0.226. The Morgan fingerprint density at radius 1 is 1.37 bits per heavy atom. The first kappa shape index (κ1) is 17.3. The van der Waals surface area contributed by atoms with Crippen LogP contribution >= 0.6 is 11.3 Å². The van der Waals surface area contributed by atoms with Crippen LogP contribution in [0.2, 0.25) is 0 Å². The molecule has 1 N–H and O–H groups in total. The minimum absolute atomic E-state index is 0.0958. The van der Waals surface area contributed by atoms with Gasteiger partial charge in [-0.2, -0.15) is 0 Å². The molecule has 4 aromatic rings. The highest BCUT2D eigenvalue weighted by Crippen LogP contribution is 2.26. The lowest BCUT2D eigenvalue weighted by Gasteiger charge is -2.16. The number of H-pyrrole nitrogens is 1. The topological polar surface area (TPSA) is 88.4 Å². The number of ether oxygens (including phenoxy) is 1. The lowest BCUT2D eigenvalue weighted by molar-refractivity contribution is -0.129. The van der Waals surface area contributed by atoms with Gasteiger partial charge in [0.15, 0.2) is 0 Å². The molecule has 3 aromatic heterocycles. The summed E-state index contributed by atoms with van der Waals surface area (Å²) in [5.41, 5.74) is 1.95. The number of hydrogen-bond acceptors (Lipinski definition) is 6. The summed E-state index contributed by atoms with van der Waals surface area (Å²) >= 11 is 1.35. The minimum atomic E-state index is -0.180. The van der Waals surface area contributed by atoms with Crippen molar-refractivity contribution >= 4 is 38.4 Å². The average Bonchev–Trinajstić information content (AvgIpc) is 3.28. The summed E-state index contributed by atoms with van der Waals surface area (Å²) < 4.78 is 11.3. The van der Waals surface area contributed by atoms with Gasteiger partial charge in [-0.05, 0) is 23.6 Å². The standard InChI is InChI=1S/C19H17N3O4S/c1-22(9-16-20-14-5-6-27-18(14)19(24)21-16)17(23)7-11-10-26-15-8-12(25-2)3-4-13(11)15/h3-6,8,10H,7,9H2,1-2H3,(H,20,21,24). The van der Waals surface area contributed by atoms with Gasteiger partial charge in [0.25, 0.3) is 5.56 Å².